The highest BCUT2D eigenvalue weighted by Crippen LogP contribution is 2.47. The van der Waals surface area contributed by atoms with Gasteiger partial charge in [0.25, 0.3) is 0 Å². The molecule has 2 aliphatic rings. The predicted molar refractivity (Wildman–Crippen MR) is 142 cm³/mol. The molecule has 0 bridgehead atoms. The molecule has 0 saturated carbocycles. The van der Waals surface area contributed by atoms with Crippen molar-refractivity contribution >= 4 is 11.1 Å². The SMILES string of the molecule is CC[C@@H]1CCN([C@@H](C)COc2ccc(C3Oc4ccc(O)cc4C(C)=C3c3cccc(F)c3)cc2)C1. The van der Waals surface area contributed by atoms with E-state index < -0.39 is 6.10 Å². The number of hydrogen-bond donors (Lipinski definition) is 1. The molecule has 0 radical (unpaired) electrons. The highest BCUT2D eigenvalue weighted by atomic mass is 19.1. The van der Waals surface area contributed by atoms with Gasteiger partial charge in [-0.25, -0.2) is 4.39 Å². The Bertz CT molecular complexity index is 1250. The Morgan fingerprint density at radius 2 is 1.92 bits per heavy atom. The molecular formula is C31H34FNO3. The molecule has 5 rings (SSSR count). The van der Waals surface area contributed by atoms with Gasteiger partial charge in [0, 0.05) is 23.7 Å². The number of fused-ring (bicyclic) bond motifs is 1. The Balaban J connectivity index is 1.38. The van der Waals surface area contributed by atoms with Gasteiger partial charge in [-0.1, -0.05) is 37.6 Å². The second-order valence-corrected chi connectivity index (χ2v) is 10.0. The molecule has 3 aromatic carbocycles. The van der Waals surface area contributed by atoms with Crippen LogP contribution in [-0.4, -0.2) is 35.7 Å². The van der Waals surface area contributed by atoms with E-state index in [-0.39, 0.29) is 11.6 Å². The molecule has 0 spiro atoms. The average Bonchev–Trinajstić information content (AvgIpc) is 3.37. The lowest BCUT2D eigenvalue weighted by molar-refractivity contribution is 0.168. The number of phenolic OH excluding ortho intramolecular Hbond substituents is 1. The van der Waals surface area contributed by atoms with Gasteiger partial charge in [0.15, 0.2) is 0 Å². The van der Waals surface area contributed by atoms with E-state index in [0.29, 0.717) is 18.4 Å². The fourth-order valence-electron chi connectivity index (χ4n) is 5.36. The van der Waals surface area contributed by atoms with Gasteiger partial charge in [0.2, 0.25) is 0 Å². The third-order valence-corrected chi connectivity index (χ3v) is 7.61. The monoisotopic (exact) mass is 487 g/mol. The largest absolute Gasteiger partial charge is 0.508 e. The molecule has 1 N–H and O–H groups in total. The van der Waals surface area contributed by atoms with Gasteiger partial charge in [-0.2, -0.15) is 0 Å². The van der Waals surface area contributed by atoms with Crippen molar-refractivity contribution in [3.05, 3.63) is 89.2 Å². The van der Waals surface area contributed by atoms with Crippen LogP contribution in [0.4, 0.5) is 4.39 Å². The standard InChI is InChI=1S/C31H34FNO3/c1-4-22-14-15-33(18-22)20(2)19-35-27-11-8-23(9-12-27)31-30(24-6-5-7-25(32)16-24)21(3)28-17-26(34)10-13-29(28)36-31/h5-13,16-17,20,22,31,34H,4,14-15,18-19H2,1-3H3/t20-,22+,31?/m0/s1. The van der Waals surface area contributed by atoms with Crippen molar-refractivity contribution in [1.82, 2.24) is 4.90 Å². The summed E-state index contributed by atoms with van der Waals surface area (Å²) in [6.07, 6.45) is 2.11. The zero-order valence-electron chi connectivity index (χ0n) is 21.2. The lowest BCUT2D eigenvalue weighted by Gasteiger charge is -2.31. The van der Waals surface area contributed by atoms with Gasteiger partial charge in [-0.3, -0.25) is 4.90 Å². The van der Waals surface area contributed by atoms with E-state index in [1.165, 1.54) is 25.0 Å². The second kappa shape index (κ2) is 10.4. The summed E-state index contributed by atoms with van der Waals surface area (Å²) >= 11 is 0. The molecule has 3 atom stereocenters. The molecule has 1 saturated heterocycles. The van der Waals surface area contributed by atoms with Gasteiger partial charge in [-0.05, 0) is 91.9 Å². The van der Waals surface area contributed by atoms with Gasteiger partial charge >= 0.3 is 0 Å². The van der Waals surface area contributed by atoms with Gasteiger partial charge in [0.1, 0.15) is 35.8 Å². The van der Waals surface area contributed by atoms with Crippen LogP contribution < -0.4 is 9.47 Å². The topological polar surface area (TPSA) is 41.9 Å². The first kappa shape index (κ1) is 24.4. The van der Waals surface area contributed by atoms with Gasteiger partial charge in [0.05, 0.1) is 0 Å². The minimum Gasteiger partial charge on any atom is -0.508 e. The van der Waals surface area contributed by atoms with Crippen LogP contribution in [0.1, 0.15) is 56.4 Å². The number of ether oxygens (including phenoxy) is 2. The summed E-state index contributed by atoms with van der Waals surface area (Å²) in [6, 6.07) is 20.1. The molecule has 5 heteroatoms. The van der Waals surface area contributed by atoms with Crippen molar-refractivity contribution in [2.45, 2.75) is 45.8 Å². The fourth-order valence-corrected chi connectivity index (χ4v) is 5.36. The van der Waals surface area contributed by atoms with Crippen LogP contribution in [-0.2, 0) is 0 Å². The lowest BCUT2D eigenvalue weighted by Crippen LogP contribution is -2.35. The van der Waals surface area contributed by atoms with Crippen LogP contribution in [0.3, 0.4) is 0 Å². The molecule has 3 aromatic rings. The predicted octanol–water partition coefficient (Wildman–Crippen LogP) is 7.09. The minimum atomic E-state index is -0.410. The third kappa shape index (κ3) is 4.98. The van der Waals surface area contributed by atoms with Crippen molar-refractivity contribution in [2.75, 3.05) is 19.7 Å². The maximum Gasteiger partial charge on any atom is 0.150 e. The highest BCUT2D eigenvalue weighted by molar-refractivity contribution is 5.95. The van der Waals surface area contributed by atoms with Crippen molar-refractivity contribution in [1.29, 1.82) is 0 Å². The van der Waals surface area contributed by atoms with Crippen LogP contribution in [0.15, 0.2) is 66.7 Å². The third-order valence-electron chi connectivity index (χ3n) is 7.61. The number of likely N-dealkylation sites (tertiary alicyclic amines) is 1. The van der Waals surface area contributed by atoms with E-state index in [9.17, 15) is 9.50 Å². The Labute approximate surface area is 213 Å². The zero-order valence-corrected chi connectivity index (χ0v) is 21.2. The molecule has 188 valence electrons. The van der Waals surface area contributed by atoms with Gasteiger partial charge < -0.3 is 14.6 Å². The normalized spacial score (nSPS) is 20.7. The molecule has 1 fully saturated rings. The van der Waals surface area contributed by atoms with Crippen LogP contribution in [0, 0.1) is 11.7 Å². The van der Waals surface area contributed by atoms with Crippen molar-refractivity contribution in [3.8, 4) is 17.2 Å². The summed E-state index contributed by atoms with van der Waals surface area (Å²) in [5, 5.41) is 10.0. The van der Waals surface area contributed by atoms with E-state index in [4.69, 9.17) is 9.47 Å². The molecule has 0 aromatic heterocycles. The summed E-state index contributed by atoms with van der Waals surface area (Å²) in [5.74, 6) is 2.20. The number of aromatic hydroxyl groups is 1. The van der Waals surface area contributed by atoms with Gasteiger partial charge in [-0.15, -0.1) is 0 Å². The molecule has 4 nitrogen and oxygen atoms in total. The van der Waals surface area contributed by atoms with E-state index in [2.05, 4.69) is 18.7 Å². The maximum absolute atomic E-state index is 14.2. The van der Waals surface area contributed by atoms with E-state index >= 15 is 0 Å². The quantitative estimate of drug-likeness (QED) is 0.386. The lowest BCUT2D eigenvalue weighted by atomic mass is 9.86. The van der Waals surface area contributed by atoms with E-state index in [0.717, 1.165) is 52.6 Å². The smallest absolute Gasteiger partial charge is 0.150 e. The highest BCUT2D eigenvalue weighted by Gasteiger charge is 2.30. The van der Waals surface area contributed by atoms with E-state index in [1.807, 2.05) is 37.3 Å². The molecule has 36 heavy (non-hydrogen) atoms. The van der Waals surface area contributed by atoms with Crippen LogP contribution in [0.2, 0.25) is 0 Å². The molecular weight excluding hydrogens is 453 g/mol. The Hall–Kier alpha value is -3.31. The Morgan fingerprint density at radius 3 is 2.64 bits per heavy atom. The second-order valence-electron chi connectivity index (χ2n) is 10.0. The van der Waals surface area contributed by atoms with Crippen LogP contribution in [0.5, 0.6) is 17.2 Å². The summed E-state index contributed by atoms with van der Waals surface area (Å²) in [4.78, 5) is 2.52. The van der Waals surface area contributed by atoms with Crippen LogP contribution in [0.25, 0.3) is 11.1 Å². The zero-order chi connectivity index (χ0) is 25.2. The summed E-state index contributed by atoms with van der Waals surface area (Å²) in [7, 11) is 0. The average molecular weight is 488 g/mol. The Morgan fingerprint density at radius 1 is 1.11 bits per heavy atom. The number of nitrogens with zero attached hydrogens (tertiary/aromatic N) is 1. The minimum absolute atomic E-state index is 0.170. The number of rotatable bonds is 7. The molecule has 0 amide bonds. The molecule has 2 heterocycles. The summed E-state index contributed by atoms with van der Waals surface area (Å²) in [5.41, 5.74) is 4.36. The number of allylic oxidation sites excluding steroid dienone is 1. The first-order valence-corrected chi connectivity index (χ1v) is 12.9. The number of benzene rings is 3. The molecule has 2 aliphatic heterocycles. The first-order valence-electron chi connectivity index (χ1n) is 12.9. The van der Waals surface area contributed by atoms with E-state index in [1.54, 1.807) is 24.3 Å². The fraction of sp³-hybridized carbons (Fsp3) is 0.355. The van der Waals surface area contributed by atoms with Crippen molar-refractivity contribution in [2.24, 2.45) is 5.92 Å². The molecule has 0 aliphatic carbocycles. The first-order chi connectivity index (χ1) is 17.4. The summed E-state index contributed by atoms with van der Waals surface area (Å²) < 4.78 is 26.7. The number of hydrogen-bond acceptors (Lipinski definition) is 4. The van der Waals surface area contributed by atoms with Crippen LogP contribution >= 0.6 is 0 Å². The van der Waals surface area contributed by atoms with Crippen molar-refractivity contribution < 1.29 is 19.0 Å². The summed E-state index contributed by atoms with van der Waals surface area (Å²) in [6.45, 7) is 9.46. The van der Waals surface area contributed by atoms with Crippen molar-refractivity contribution in [3.63, 3.8) is 0 Å². The maximum atomic E-state index is 14.2. The Kier molecular flexibility index (Phi) is 7.01. The number of halogens is 1. The molecule has 1 unspecified atom stereocenters. The number of phenols is 1.